The van der Waals surface area contributed by atoms with Gasteiger partial charge in [0.15, 0.2) is 0 Å². The van der Waals surface area contributed by atoms with Crippen molar-refractivity contribution in [2.24, 2.45) is 5.10 Å². The molecule has 2 amide bonds. The van der Waals surface area contributed by atoms with Crippen LogP contribution in [0.1, 0.15) is 27.0 Å². The number of carbonyl (C=O) groups is 2. The van der Waals surface area contributed by atoms with E-state index in [9.17, 15) is 14.7 Å². The van der Waals surface area contributed by atoms with Crippen LogP contribution in [0.2, 0.25) is 0 Å². The number of nitrogens with zero attached hydrogens (tertiary/aromatic N) is 1. The number of rotatable bonds is 5. The standard InChI is InChI=1S/C18H17N3O4/c1-12-2-8-16(22)15(10-12)11-19-20-18(24)14-6-3-13(4-7-14)5-9-17(23)21-25/h2-11,22,25H,1H3,(H,20,24)(H,21,23). The van der Waals surface area contributed by atoms with E-state index in [0.29, 0.717) is 16.7 Å². The van der Waals surface area contributed by atoms with Crippen molar-refractivity contribution in [1.29, 1.82) is 0 Å². The monoisotopic (exact) mass is 339 g/mol. The zero-order chi connectivity index (χ0) is 18.2. The first-order valence-electron chi connectivity index (χ1n) is 7.35. The van der Waals surface area contributed by atoms with E-state index in [2.05, 4.69) is 10.5 Å². The van der Waals surface area contributed by atoms with Gasteiger partial charge in [-0.25, -0.2) is 10.9 Å². The van der Waals surface area contributed by atoms with Crippen molar-refractivity contribution in [3.63, 3.8) is 0 Å². The lowest BCUT2D eigenvalue weighted by Gasteiger charge is -2.02. The molecule has 7 nitrogen and oxygen atoms in total. The Kier molecular flexibility index (Phi) is 6.02. The van der Waals surface area contributed by atoms with E-state index in [1.807, 2.05) is 6.92 Å². The maximum Gasteiger partial charge on any atom is 0.271 e. The van der Waals surface area contributed by atoms with Crippen LogP contribution in [0.4, 0.5) is 0 Å². The average molecular weight is 339 g/mol. The van der Waals surface area contributed by atoms with Crippen LogP contribution in [0.25, 0.3) is 6.08 Å². The second-order valence-corrected chi connectivity index (χ2v) is 5.19. The Hall–Kier alpha value is -3.45. The van der Waals surface area contributed by atoms with Crippen LogP contribution in [-0.2, 0) is 4.79 Å². The van der Waals surface area contributed by atoms with Crippen LogP contribution >= 0.6 is 0 Å². The number of hydrogen-bond donors (Lipinski definition) is 4. The summed E-state index contributed by atoms with van der Waals surface area (Å²) in [4.78, 5) is 22.9. The SMILES string of the molecule is Cc1ccc(O)c(C=NNC(=O)c2ccc(C=CC(=O)NO)cc2)c1. The predicted molar refractivity (Wildman–Crippen MR) is 93.3 cm³/mol. The Morgan fingerprint density at radius 1 is 1.12 bits per heavy atom. The van der Waals surface area contributed by atoms with E-state index in [-0.39, 0.29) is 5.75 Å². The second kappa shape index (κ2) is 8.42. The number of hydrogen-bond acceptors (Lipinski definition) is 5. The number of benzene rings is 2. The molecule has 0 bridgehead atoms. The molecule has 0 aliphatic rings. The third-order valence-electron chi connectivity index (χ3n) is 3.26. The molecule has 0 radical (unpaired) electrons. The number of nitrogens with one attached hydrogen (secondary N) is 2. The molecule has 2 aromatic carbocycles. The van der Waals surface area contributed by atoms with Crippen LogP contribution in [0.5, 0.6) is 5.75 Å². The fraction of sp³-hybridized carbons (Fsp3) is 0.0556. The van der Waals surface area contributed by atoms with Gasteiger partial charge >= 0.3 is 0 Å². The summed E-state index contributed by atoms with van der Waals surface area (Å²) in [5.74, 6) is -0.978. The molecule has 0 saturated carbocycles. The molecule has 0 spiro atoms. The third-order valence-corrected chi connectivity index (χ3v) is 3.26. The third kappa shape index (κ3) is 5.29. The molecule has 0 fully saturated rings. The van der Waals surface area contributed by atoms with E-state index >= 15 is 0 Å². The average Bonchev–Trinajstić information content (AvgIpc) is 2.62. The van der Waals surface area contributed by atoms with Crippen LogP contribution in [0.15, 0.2) is 53.6 Å². The largest absolute Gasteiger partial charge is 0.507 e. The van der Waals surface area contributed by atoms with Gasteiger partial charge in [0.2, 0.25) is 0 Å². The van der Waals surface area contributed by atoms with Gasteiger partial charge in [-0.3, -0.25) is 14.8 Å². The van der Waals surface area contributed by atoms with E-state index in [0.717, 1.165) is 11.6 Å². The molecule has 128 valence electrons. The van der Waals surface area contributed by atoms with E-state index in [1.54, 1.807) is 42.5 Å². The highest BCUT2D eigenvalue weighted by Gasteiger charge is 2.04. The van der Waals surface area contributed by atoms with Crippen molar-refractivity contribution < 1.29 is 19.9 Å². The minimum atomic E-state index is -0.643. The van der Waals surface area contributed by atoms with Gasteiger partial charge in [0.05, 0.1) is 6.21 Å². The summed E-state index contributed by atoms with van der Waals surface area (Å²) in [5, 5.41) is 21.9. The number of carbonyl (C=O) groups excluding carboxylic acids is 2. The van der Waals surface area contributed by atoms with Crippen LogP contribution in [-0.4, -0.2) is 28.3 Å². The molecule has 7 heteroatoms. The highest BCUT2D eigenvalue weighted by molar-refractivity contribution is 5.95. The lowest BCUT2D eigenvalue weighted by atomic mass is 10.1. The van der Waals surface area contributed by atoms with Crippen molar-refractivity contribution in [3.8, 4) is 5.75 Å². The minimum absolute atomic E-state index is 0.0756. The molecule has 4 N–H and O–H groups in total. The van der Waals surface area contributed by atoms with E-state index in [4.69, 9.17) is 5.21 Å². The van der Waals surface area contributed by atoms with Crippen molar-refractivity contribution >= 4 is 24.1 Å². The summed E-state index contributed by atoms with van der Waals surface area (Å²) >= 11 is 0. The zero-order valence-electron chi connectivity index (χ0n) is 13.4. The van der Waals surface area contributed by atoms with E-state index < -0.39 is 11.8 Å². The molecule has 0 heterocycles. The number of aromatic hydroxyl groups is 1. The van der Waals surface area contributed by atoms with Gasteiger partial charge in [-0.15, -0.1) is 0 Å². The van der Waals surface area contributed by atoms with Crippen molar-refractivity contribution in [1.82, 2.24) is 10.9 Å². The maximum absolute atomic E-state index is 12.0. The highest BCUT2D eigenvalue weighted by atomic mass is 16.5. The quantitative estimate of drug-likeness (QED) is 0.289. The lowest BCUT2D eigenvalue weighted by Crippen LogP contribution is -2.17. The molecule has 0 saturated heterocycles. The Balaban J connectivity index is 1.99. The first-order valence-corrected chi connectivity index (χ1v) is 7.35. The molecule has 0 aliphatic heterocycles. The Morgan fingerprint density at radius 3 is 2.52 bits per heavy atom. The van der Waals surface area contributed by atoms with Gasteiger partial charge in [0, 0.05) is 17.2 Å². The Labute approximate surface area is 144 Å². The molecule has 0 aliphatic carbocycles. The van der Waals surface area contributed by atoms with Crippen molar-refractivity contribution in [2.75, 3.05) is 0 Å². The van der Waals surface area contributed by atoms with Crippen LogP contribution in [0, 0.1) is 6.92 Å². The van der Waals surface area contributed by atoms with Crippen LogP contribution < -0.4 is 10.9 Å². The van der Waals surface area contributed by atoms with E-state index in [1.165, 1.54) is 17.8 Å². The summed E-state index contributed by atoms with van der Waals surface area (Å²) in [5.41, 5.74) is 6.40. The molecule has 2 rings (SSSR count). The normalized spacial score (nSPS) is 11.0. The van der Waals surface area contributed by atoms with Gasteiger partial charge < -0.3 is 5.11 Å². The molecule has 0 aromatic heterocycles. The molecule has 25 heavy (non-hydrogen) atoms. The fourth-order valence-electron chi connectivity index (χ4n) is 1.96. The molecular formula is C18H17N3O4. The second-order valence-electron chi connectivity index (χ2n) is 5.19. The summed E-state index contributed by atoms with van der Waals surface area (Å²) in [6, 6.07) is 11.5. The fourth-order valence-corrected chi connectivity index (χ4v) is 1.96. The van der Waals surface area contributed by atoms with Crippen LogP contribution in [0.3, 0.4) is 0 Å². The first-order chi connectivity index (χ1) is 12.0. The first kappa shape index (κ1) is 17.9. The summed E-state index contributed by atoms with van der Waals surface area (Å²) in [7, 11) is 0. The Bertz CT molecular complexity index is 827. The number of aryl methyl sites for hydroxylation is 1. The zero-order valence-corrected chi connectivity index (χ0v) is 13.4. The summed E-state index contributed by atoms with van der Waals surface area (Å²) in [6.45, 7) is 1.88. The number of phenols is 1. The van der Waals surface area contributed by atoms with Gasteiger partial charge in [0.25, 0.3) is 11.8 Å². The van der Waals surface area contributed by atoms with Gasteiger partial charge in [-0.05, 0) is 42.8 Å². The minimum Gasteiger partial charge on any atom is -0.507 e. The number of amides is 2. The predicted octanol–water partition coefficient (Wildman–Crippen LogP) is 1.98. The lowest BCUT2D eigenvalue weighted by molar-refractivity contribution is -0.124. The topological polar surface area (TPSA) is 111 Å². The molecule has 0 unspecified atom stereocenters. The molecule has 2 aromatic rings. The number of hydroxylamine groups is 1. The molecule has 0 atom stereocenters. The van der Waals surface area contributed by atoms with Crippen molar-refractivity contribution in [3.05, 3.63) is 70.8 Å². The maximum atomic E-state index is 12.0. The Morgan fingerprint density at radius 2 is 1.84 bits per heavy atom. The summed E-state index contributed by atoms with van der Waals surface area (Å²) < 4.78 is 0. The highest BCUT2D eigenvalue weighted by Crippen LogP contribution is 2.15. The number of phenolic OH excluding ortho intramolecular Hbond substituents is 1. The van der Waals surface area contributed by atoms with Gasteiger partial charge in [-0.1, -0.05) is 23.8 Å². The van der Waals surface area contributed by atoms with Crippen molar-refractivity contribution in [2.45, 2.75) is 6.92 Å². The molecular weight excluding hydrogens is 322 g/mol. The summed E-state index contributed by atoms with van der Waals surface area (Å²) in [6.07, 6.45) is 4.02. The smallest absolute Gasteiger partial charge is 0.271 e. The van der Waals surface area contributed by atoms with Gasteiger partial charge in [-0.2, -0.15) is 5.10 Å². The van der Waals surface area contributed by atoms with Gasteiger partial charge in [0.1, 0.15) is 5.75 Å². The number of hydrazone groups is 1.